The minimum atomic E-state index is -0.630. The van der Waals surface area contributed by atoms with Crippen molar-refractivity contribution in [2.24, 2.45) is 5.73 Å². The summed E-state index contributed by atoms with van der Waals surface area (Å²) < 4.78 is 1.02. The Labute approximate surface area is 96.6 Å². The van der Waals surface area contributed by atoms with Crippen molar-refractivity contribution in [3.05, 3.63) is 33.8 Å². The predicted molar refractivity (Wildman–Crippen MR) is 61.4 cm³/mol. The van der Waals surface area contributed by atoms with E-state index in [-0.39, 0.29) is 0 Å². The van der Waals surface area contributed by atoms with E-state index in [1.54, 1.807) is 0 Å². The van der Waals surface area contributed by atoms with E-state index in [1.165, 1.54) is 0 Å². The van der Waals surface area contributed by atoms with E-state index in [1.807, 2.05) is 25.1 Å². The van der Waals surface area contributed by atoms with Crippen LogP contribution in [-0.2, 0) is 11.2 Å². The first-order chi connectivity index (χ1) is 6.50. The van der Waals surface area contributed by atoms with E-state index in [2.05, 4.69) is 15.9 Å². The molecule has 14 heavy (non-hydrogen) atoms. The third-order valence-corrected chi connectivity index (χ3v) is 2.88. The Balaban J connectivity index is 2.82. The average molecular weight is 277 g/mol. The summed E-state index contributed by atoms with van der Waals surface area (Å²) in [5.41, 5.74) is 7.23. The number of hydrogen-bond donors (Lipinski definition) is 1. The lowest BCUT2D eigenvalue weighted by atomic mass is 10.0. The SMILES string of the molecule is Cc1cc(Br)ccc1CC(Cl)C(N)=O. The highest BCUT2D eigenvalue weighted by atomic mass is 79.9. The lowest BCUT2D eigenvalue weighted by Gasteiger charge is -2.08. The van der Waals surface area contributed by atoms with E-state index >= 15 is 0 Å². The number of primary amides is 1. The van der Waals surface area contributed by atoms with Gasteiger partial charge < -0.3 is 5.73 Å². The number of rotatable bonds is 3. The van der Waals surface area contributed by atoms with Crippen molar-refractivity contribution in [2.45, 2.75) is 18.7 Å². The number of amides is 1. The quantitative estimate of drug-likeness (QED) is 0.847. The Hall–Kier alpha value is -0.540. The lowest BCUT2D eigenvalue weighted by Crippen LogP contribution is -2.25. The van der Waals surface area contributed by atoms with Crippen LogP contribution in [0, 0.1) is 6.92 Å². The molecule has 1 amide bonds. The number of benzene rings is 1. The number of alkyl halides is 1. The molecule has 0 spiro atoms. The first kappa shape index (κ1) is 11.5. The van der Waals surface area contributed by atoms with Crippen LogP contribution in [0.25, 0.3) is 0 Å². The summed E-state index contributed by atoms with van der Waals surface area (Å²) in [6.45, 7) is 1.98. The predicted octanol–water partition coefficient (Wildman–Crippen LogP) is 2.39. The van der Waals surface area contributed by atoms with Gasteiger partial charge in [0.2, 0.25) is 5.91 Å². The molecule has 1 aromatic carbocycles. The fourth-order valence-corrected chi connectivity index (χ4v) is 1.82. The van der Waals surface area contributed by atoms with Crippen molar-refractivity contribution >= 4 is 33.4 Å². The van der Waals surface area contributed by atoms with E-state index in [0.29, 0.717) is 6.42 Å². The van der Waals surface area contributed by atoms with Crippen LogP contribution in [0.4, 0.5) is 0 Å². The van der Waals surface area contributed by atoms with Crippen LogP contribution in [0.3, 0.4) is 0 Å². The summed E-state index contributed by atoms with van der Waals surface area (Å²) in [6, 6.07) is 5.85. The van der Waals surface area contributed by atoms with Gasteiger partial charge in [0.1, 0.15) is 5.38 Å². The molecule has 0 fully saturated rings. The largest absolute Gasteiger partial charge is 0.368 e. The molecule has 0 aliphatic carbocycles. The molecule has 1 rings (SSSR count). The fourth-order valence-electron chi connectivity index (χ4n) is 1.18. The van der Waals surface area contributed by atoms with E-state index < -0.39 is 11.3 Å². The van der Waals surface area contributed by atoms with Crippen LogP contribution in [-0.4, -0.2) is 11.3 Å². The molecule has 0 bridgehead atoms. The van der Waals surface area contributed by atoms with Gasteiger partial charge in [0, 0.05) is 4.47 Å². The second-order valence-corrected chi connectivity index (χ2v) is 4.59. The normalized spacial score (nSPS) is 12.5. The van der Waals surface area contributed by atoms with Gasteiger partial charge in [0.25, 0.3) is 0 Å². The van der Waals surface area contributed by atoms with Gasteiger partial charge in [-0.15, -0.1) is 11.6 Å². The van der Waals surface area contributed by atoms with Crippen molar-refractivity contribution in [1.82, 2.24) is 0 Å². The van der Waals surface area contributed by atoms with Crippen LogP contribution in [0.1, 0.15) is 11.1 Å². The third-order valence-electron chi connectivity index (χ3n) is 2.01. The molecule has 1 unspecified atom stereocenters. The van der Waals surface area contributed by atoms with Gasteiger partial charge in [-0.3, -0.25) is 4.79 Å². The highest BCUT2D eigenvalue weighted by molar-refractivity contribution is 9.10. The van der Waals surface area contributed by atoms with Crippen LogP contribution in [0.2, 0.25) is 0 Å². The Morgan fingerprint density at radius 1 is 1.64 bits per heavy atom. The molecule has 0 aliphatic heterocycles. The van der Waals surface area contributed by atoms with Crippen molar-refractivity contribution in [2.75, 3.05) is 0 Å². The standard InChI is InChI=1S/C10H11BrClNO/c1-6-4-8(11)3-2-7(6)5-9(12)10(13)14/h2-4,9H,5H2,1H3,(H2,13,14). The molecule has 0 saturated heterocycles. The summed E-state index contributed by atoms with van der Waals surface area (Å²) in [5, 5.41) is -0.630. The maximum atomic E-state index is 10.8. The third kappa shape index (κ3) is 3.00. The van der Waals surface area contributed by atoms with Crippen molar-refractivity contribution in [3.8, 4) is 0 Å². The highest BCUT2D eigenvalue weighted by Gasteiger charge is 2.13. The van der Waals surface area contributed by atoms with Crippen LogP contribution in [0.5, 0.6) is 0 Å². The van der Waals surface area contributed by atoms with Crippen molar-refractivity contribution in [3.63, 3.8) is 0 Å². The first-order valence-corrected chi connectivity index (χ1v) is 5.42. The summed E-state index contributed by atoms with van der Waals surface area (Å²) in [5.74, 6) is -0.478. The first-order valence-electron chi connectivity index (χ1n) is 4.19. The fraction of sp³-hybridized carbons (Fsp3) is 0.300. The molecule has 2 nitrogen and oxygen atoms in total. The average Bonchev–Trinajstić information content (AvgIpc) is 2.09. The van der Waals surface area contributed by atoms with Gasteiger partial charge in [-0.05, 0) is 36.6 Å². The van der Waals surface area contributed by atoms with Gasteiger partial charge in [-0.2, -0.15) is 0 Å². The van der Waals surface area contributed by atoms with Gasteiger partial charge in [-0.1, -0.05) is 22.0 Å². The van der Waals surface area contributed by atoms with Crippen LogP contribution < -0.4 is 5.73 Å². The van der Waals surface area contributed by atoms with Gasteiger partial charge >= 0.3 is 0 Å². The van der Waals surface area contributed by atoms with Crippen LogP contribution >= 0.6 is 27.5 Å². The van der Waals surface area contributed by atoms with Gasteiger partial charge in [0.15, 0.2) is 0 Å². The molecule has 0 saturated carbocycles. The Kier molecular flexibility index (Phi) is 3.96. The summed E-state index contributed by atoms with van der Waals surface area (Å²) in [7, 11) is 0. The lowest BCUT2D eigenvalue weighted by molar-refractivity contribution is -0.117. The number of aryl methyl sites for hydroxylation is 1. The van der Waals surface area contributed by atoms with Crippen molar-refractivity contribution < 1.29 is 4.79 Å². The number of hydrogen-bond acceptors (Lipinski definition) is 1. The Bertz CT molecular complexity index is 354. The number of carbonyl (C=O) groups is 1. The number of carbonyl (C=O) groups excluding carboxylic acids is 1. The maximum Gasteiger partial charge on any atom is 0.235 e. The minimum Gasteiger partial charge on any atom is -0.368 e. The zero-order chi connectivity index (χ0) is 10.7. The van der Waals surface area contributed by atoms with E-state index in [0.717, 1.165) is 15.6 Å². The van der Waals surface area contributed by atoms with Crippen LogP contribution in [0.15, 0.2) is 22.7 Å². The molecule has 4 heteroatoms. The molecule has 0 radical (unpaired) electrons. The summed E-state index contributed by atoms with van der Waals surface area (Å²) in [6.07, 6.45) is 0.482. The maximum absolute atomic E-state index is 10.8. The Morgan fingerprint density at radius 2 is 2.29 bits per heavy atom. The van der Waals surface area contributed by atoms with E-state index in [4.69, 9.17) is 17.3 Å². The van der Waals surface area contributed by atoms with E-state index in [9.17, 15) is 4.79 Å². The molecule has 1 aromatic rings. The molecule has 0 aliphatic rings. The topological polar surface area (TPSA) is 43.1 Å². The Morgan fingerprint density at radius 3 is 2.79 bits per heavy atom. The minimum absolute atomic E-state index is 0.478. The zero-order valence-electron chi connectivity index (χ0n) is 7.76. The number of nitrogens with two attached hydrogens (primary N) is 1. The second-order valence-electron chi connectivity index (χ2n) is 3.14. The van der Waals surface area contributed by atoms with Crippen molar-refractivity contribution in [1.29, 1.82) is 0 Å². The molecule has 76 valence electrons. The van der Waals surface area contributed by atoms with Gasteiger partial charge in [0.05, 0.1) is 0 Å². The summed E-state index contributed by atoms with van der Waals surface area (Å²) >= 11 is 9.14. The molecule has 0 heterocycles. The van der Waals surface area contributed by atoms with Gasteiger partial charge in [-0.25, -0.2) is 0 Å². The highest BCUT2D eigenvalue weighted by Crippen LogP contribution is 2.18. The molecule has 1 atom stereocenters. The second kappa shape index (κ2) is 4.80. The monoisotopic (exact) mass is 275 g/mol. The summed E-state index contributed by atoms with van der Waals surface area (Å²) in [4.78, 5) is 10.8. The number of halogens is 2. The zero-order valence-corrected chi connectivity index (χ0v) is 10.1. The molecule has 2 N–H and O–H groups in total. The molecular weight excluding hydrogens is 265 g/mol. The molecular formula is C10H11BrClNO. The molecule has 0 aromatic heterocycles. The smallest absolute Gasteiger partial charge is 0.235 e.